The van der Waals surface area contributed by atoms with Gasteiger partial charge in [-0.05, 0) is 61.4 Å². The van der Waals surface area contributed by atoms with Crippen molar-refractivity contribution in [1.29, 1.82) is 0 Å². The van der Waals surface area contributed by atoms with Crippen molar-refractivity contribution in [3.8, 4) is 5.75 Å². The minimum absolute atomic E-state index is 0.0115. The molecule has 7 aliphatic rings. The van der Waals surface area contributed by atoms with Crippen LogP contribution in [0.4, 0.5) is 0 Å². The summed E-state index contributed by atoms with van der Waals surface area (Å²) in [5, 5.41) is 0. The normalized spacial score (nSPS) is 51.3. The number of hydrogen-bond donors (Lipinski definition) is 0. The number of ether oxygens (including phenoxy) is 7. The first kappa shape index (κ1) is 27.8. The van der Waals surface area contributed by atoms with Crippen molar-refractivity contribution in [3.63, 3.8) is 0 Å². The van der Waals surface area contributed by atoms with Crippen molar-refractivity contribution in [2.75, 3.05) is 48.3 Å². The van der Waals surface area contributed by atoms with Crippen molar-refractivity contribution in [3.05, 3.63) is 29.8 Å². The van der Waals surface area contributed by atoms with E-state index in [-0.39, 0.29) is 71.6 Å². The van der Waals surface area contributed by atoms with E-state index >= 15 is 0 Å². The smallest absolute Gasteiger partial charge is 0.338 e. The average molecular weight is 584 g/mol. The molecule has 0 amide bonds. The van der Waals surface area contributed by atoms with Gasteiger partial charge >= 0.3 is 5.97 Å². The molecule has 0 N–H and O–H groups in total. The summed E-state index contributed by atoms with van der Waals surface area (Å²) in [4.78, 5) is 16.8. The molecule has 1 aromatic carbocycles. The van der Waals surface area contributed by atoms with Gasteiger partial charge in [0, 0.05) is 57.5 Å². The fourth-order valence-corrected chi connectivity index (χ4v) is 12.5. The number of likely N-dealkylation sites (N-methyl/N-ethyl adjacent to an activating group) is 1. The summed E-state index contributed by atoms with van der Waals surface area (Å²) in [6.45, 7) is 6.67. The third kappa shape index (κ3) is 2.90. The minimum atomic E-state index is -0.876. The minimum Gasteiger partial charge on any atom is -0.497 e. The molecule has 230 valence electrons. The molecule has 9 nitrogen and oxygen atoms in total. The molecular weight excluding hydrogens is 538 g/mol. The first-order valence-corrected chi connectivity index (χ1v) is 15.8. The highest BCUT2D eigenvalue weighted by atomic mass is 16.7. The number of carbonyl (C=O) groups is 1. The number of methoxy groups -OCH3 is 4. The van der Waals surface area contributed by atoms with E-state index in [2.05, 4.69) is 18.7 Å². The van der Waals surface area contributed by atoms with Gasteiger partial charge in [-0.2, -0.15) is 0 Å². The molecule has 1 aromatic rings. The zero-order valence-electron chi connectivity index (χ0n) is 25.7. The quantitative estimate of drug-likeness (QED) is 0.448. The van der Waals surface area contributed by atoms with E-state index in [0.29, 0.717) is 17.7 Å². The maximum absolute atomic E-state index is 14.1. The topological polar surface area (TPSA) is 84.9 Å². The number of piperidine rings is 1. The van der Waals surface area contributed by atoms with Gasteiger partial charge in [-0.1, -0.05) is 13.8 Å². The Labute approximate surface area is 248 Å². The van der Waals surface area contributed by atoms with Crippen molar-refractivity contribution >= 4 is 5.97 Å². The van der Waals surface area contributed by atoms with Crippen molar-refractivity contribution in [2.24, 2.45) is 34.5 Å². The fourth-order valence-electron chi connectivity index (χ4n) is 12.5. The lowest BCUT2D eigenvalue weighted by Gasteiger charge is -2.69. The molecular formula is C33H45NO8. The molecule has 8 rings (SSSR count). The Morgan fingerprint density at radius 3 is 2.52 bits per heavy atom. The Morgan fingerprint density at radius 2 is 1.86 bits per heavy atom. The van der Waals surface area contributed by atoms with Crippen molar-refractivity contribution < 1.29 is 38.0 Å². The molecule has 9 heteroatoms. The third-order valence-corrected chi connectivity index (χ3v) is 13.4. The maximum atomic E-state index is 14.1. The highest BCUT2D eigenvalue weighted by Gasteiger charge is 2.94. The number of benzene rings is 1. The Hall–Kier alpha value is -1.75. The number of rotatable bonds is 7. The second-order valence-corrected chi connectivity index (χ2v) is 14.2. The van der Waals surface area contributed by atoms with Crippen LogP contribution in [0.3, 0.4) is 0 Å². The van der Waals surface area contributed by atoms with E-state index in [1.54, 1.807) is 19.2 Å². The van der Waals surface area contributed by atoms with Crippen LogP contribution in [-0.2, 0) is 28.4 Å². The summed E-state index contributed by atoms with van der Waals surface area (Å²) >= 11 is 0. The Bertz CT molecular complexity index is 1260. The number of fused-ring (bicyclic) bond motifs is 1. The molecule has 0 unspecified atom stereocenters. The van der Waals surface area contributed by atoms with Gasteiger partial charge in [0.15, 0.2) is 5.60 Å². The summed E-state index contributed by atoms with van der Waals surface area (Å²) in [5.74, 6) is 1.07. The lowest BCUT2D eigenvalue weighted by atomic mass is 9.43. The number of nitrogens with zero attached hydrogens (tertiary/aromatic N) is 1. The van der Waals surface area contributed by atoms with Crippen LogP contribution in [0.15, 0.2) is 24.3 Å². The predicted octanol–water partition coefficient (Wildman–Crippen LogP) is 3.54. The van der Waals surface area contributed by atoms with E-state index in [0.717, 1.165) is 32.4 Å². The summed E-state index contributed by atoms with van der Waals surface area (Å²) in [5.41, 5.74) is -1.44. The van der Waals surface area contributed by atoms with Gasteiger partial charge < -0.3 is 33.2 Å². The average Bonchev–Trinajstić information content (AvgIpc) is 3.59. The van der Waals surface area contributed by atoms with Crippen molar-refractivity contribution in [1.82, 2.24) is 4.90 Å². The molecule has 5 aliphatic carbocycles. The maximum Gasteiger partial charge on any atom is 0.338 e. The number of hydrogen-bond acceptors (Lipinski definition) is 9. The zero-order chi connectivity index (χ0) is 29.2. The van der Waals surface area contributed by atoms with Crippen LogP contribution < -0.4 is 4.74 Å². The van der Waals surface area contributed by atoms with Gasteiger partial charge in [-0.25, -0.2) is 4.79 Å². The second-order valence-electron chi connectivity index (χ2n) is 14.2. The Kier molecular flexibility index (Phi) is 6.05. The summed E-state index contributed by atoms with van der Waals surface area (Å²) in [6.07, 6.45) is 3.15. The van der Waals surface area contributed by atoms with Crippen molar-refractivity contribution in [2.45, 2.75) is 81.2 Å². The monoisotopic (exact) mass is 583 g/mol. The molecule has 0 radical (unpaired) electrons. The summed E-state index contributed by atoms with van der Waals surface area (Å²) in [7, 11) is 7.14. The van der Waals surface area contributed by atoms with Crippen LogP contribution >= 0.6 is 0 Å². The lowest BCUT2D eigenvalue weighted by Crippen LogP contribution is -2.81. The van der Waals surface area contributed by atoms with E-state index in [4.69, 9.17) is 33.2 Å². The predicted molar refractivity (Wildman–Crippen MR) is 151 cm³/mol. The van der Waals surface area contributed by atoms with Crippen LogP contribution in [0, 0.1) is 34.5 Å². The molecule has 3 spiro atoms. The van der Waals surface area contributed by atoms with Crippen LogP contribution in [0.5, 0.6) is 5.75 Å². The Morgan fingerprint density at radius 1 is 1.07 bits per heavy atom. The SMILES string of the molecule is CCN1C[C@]2(C)CC[C@H](OC)[C@@]34[C@@H]5C[C@H]6[C@H](OC)[C@@H]5[C@@]5(C[C@@H]6OC)OCO[C@@]5([C@@H](OC(=O)c5ccc(OC)cc5)[C@H]23)[C@@H]14. The molecule has 2 saturated heterocycles. The highest BCUT2D eigenvalue weighted by Crippen LogP contribution is 2.82. The first-order chi connectivity index (χ1) is 20.3. The number of likely N-dealkylation sites (tertiary alicyclic amines) is 1. The first-order valence-electron chi connectivity index (χ1n) is 15.8. The third-order valence-electron chi connectivity index (χ3n) is 13.4. The largest absolute Gasteiger partial charge is 0.497 e. The summed E-state index contributed by atoms with van der Waals surface area (Å²) in [6, 6.07) is 7.18. The van der Waals surface area contributed by atoms with Crippen LogP contribution in [0.1, 0.15) is 49.9 Å². The van der Waals surface area contributed by atoms with E-state index in [9.17, 15) is 4.79 Å². The van der Waals surface area contributed by atoms with Gasteiger partial charge in [0.25, 0.3) is 0 Å². The molecule has 7 bridgehead atoms. The standard InChI is InChI=1S/C33H45NO8/c1-7-34-16-30(2)13-12-23(38-5)32-21-14-20-22(37-4)15-31(24(21)25(20)39-6)33(29(32)34,41-17-40-31)27(26(30)32)42-28(35)18-8-10-19(36-3)11-9-18/h8-11,20-27,29H,7,12-17H2,1-6H3/t20-,21-,22+,23+,24-,25+,26-,27+,29+,30+,31-,32+,33+/m1/s1. The van der Waals surface area contributed by atoms with E-state index < -0.39 is 17.3 Å². The highest BCUT2D eigenvalue weighted by molar-refractivity contribution is 5.89. The summed E-state index contributed by atoms with van der Waals surface area (Å²) < 4.78 is 45.5. The van der Waals surface area contributed by atoms with Gasteiger partial charge in [-0.3, -0.25) is 4.90 Å². The van der Waals surface area contributed by atoms with Gasteiger partial charge in [0.05, 0.1) is 37.0 Å². The van der Waals surface area contributed by atoms with Crippen LogP contribution in [-0.4, -0.2) is 101 Å². The van der Waals surface area contributed by atoms with E-state index in [1.807, 2.05) is 33.5 Å². The molecule has 2 aliphatic heterocycles. The van der Waals surface area contributed by atoms with Gasteiger partial charge in [0.2, 0.25) is 0 Å². The molecule has 42 heavy (non-hydrogen) atoms. The molecule has 5 saturated carbocycles. The lowest BCUT2D eigenvalue weighted by molar-refractivity contribution is -0.282. The van der Waals surface area contributed by atoms with E-state index in [1.165, 1.54) is 0 Å². The molecule has 2 heterocycles. The number of esters is 1. The second kappa shape index (κ2) is 9.14. The molecule has 13 atom stereocenters. The zero-order valence-corrected chi connectivity index (χ0v) is 25.7. The molecule has 7 fully saturated rings. The van der Waals surface area contributed by atoms with Gasteiger partial charge in [-0.15, -0.1) is 0 Å². The van der Waals surface area contributed by atoms with Crippen LogP contribution in [0.2, 0.25) is 0 Å². The fraction of sp³-hybridized carbons (Fsp3) is 0.788. The van der Waals surface area contributed by atoms with Gasteiger partial charge in [0.1, 0.15) is 24.2 Å². The molecule has 0 aromatic heterocycles. The Balaban J connectivity index is 1.38. The number of carbonyl (C=O) groups excluding carboxylic acids is 1. The van der Waals surface area contributed by atoms with Crippen LogP contribution in [0.25, 0.3) is 0 Å².